The van der Waals surface area contributed by atoms with E-state index in [1.165, 1.54) is 0 Å². The summed E-state index contributed by atoms with van der Waals surface area (Å²) < 4.78 is 5.56. The maximum Gasteiger partial charge on any atom is 0.407 e. The zero-order chi connectivity index (χ0) is 24.7. The number of carbonyl (C=O) groups is 3. The fourth-order valence-corrected chi connectivity index (χ4v) is 4.28. The van der Waals surface area contributed by atoms with Gasteiger partial charge in [-0.15, -0.1) is 0 Å². The molecule has 1 unspecified atom stereocenters. The van der Waals surface area contributed by atoms with Gasteiger partial charge in [-0.25, -0.2) is 9.59 Å². The fraction of sp³-hybridized carbons (Fsp3) is 0.423. The monoisotopic (exact) mass is 467 g/mol. The Morgan fingerprint density at radius 1 is 0.971 bits per heavy atom. The summed E-state index contributed by atoms with van der Waals surface area (Å²) in [5.41, 5.74) is 4.47. The standard InChI is InChI=1S/C26H33N3O5/c1-4-5-14-22(24(30)27-23(25(31)32)15-29(2)3)28-26(33)34-16-21-19-12-8-6-10-17(19)18-11-7-9-13-20(18)21/h6-13,21-23H,4-5,14-16H2,1-3H3,(H,27,30)(H,28,33)(H,31,32)/t22?,23-/m0/s1. The third-order valence-electron chi connectivity index (χ3n) is 5.96. The van der Waals surface area contributed by atoms with E-state index in [-0.39, 0.29) is 19.1 Å². The van der Waals surface area contributed by atoms with E-state index in [0.29, 0.717) is 12.8 Å². The first-order chi connectivity index (χ1) is 16.3. The van der Waals surface area contributed by atoms with Gasteiger partial charge in [-0.1, -0.05) is 68.3 Å². The van der Waals surface area contributed by atoms with E-state index in [2.05, 4.69) is 22.8 Å². The molecule has 0 aromatic heterocycles. The van der Waals surface area contributed by atoms with Crippen molar-refractivity contribution < 1.29 is 24.2 Å². The molecule has 1 aliphatic rings. The van der Waals surface area contributed by atoms with Crippen molar-refractivity contribution in [3.63, 3.8) is 0 Å². The van der Waals surface area contributed by atoms with E-state index in [0.717, 1.165) is 28.7 Å². The van der Waals surface area contributed by atoms with Crippen molar-refractivity contribution in [2.45, 2.75) is 44.2 Å². The van der Waals surface area contributed by atoms with Crippen molar-refractivity contribution in [3.05, 3.63) is 59.7 Å². The minimum atomic E-state index is -1.13. The Morgan fingerprint density at radius 3 is 2.09 bits per heavy atom. The summed E-state index contributed by atoms with van der Waals surface area (Å²) in [5, 5.41) is 14.6. The van der Waals surface area contributed by atoms with Gasteiger partial charge in [0.1, 0.15) is 18.7 Å². The van der Waals surface area contributed by atoms with Crippen LogP contribution in [0.15, 0.2) is 48.5 Å². The van der Waals surface area contributed by atoms with E-state index < -0.39 is 30.1 Å². The minimum absolute atomic E-state index is 0.0856. The zero-order valence-corrected chi connectivity index (χ0v) is 19.9. The second-order valence-corrected chi connectivity index (χ2v) is 8.83. The molecule has 0 aliphatic heterocycles. The molecule has 8 heteroatoms. The molecule has 0 heterocycles. The van der Waals surface area contributed by atoms with Gasteiger partial charge in [-0.05, 0) is 42.8 Å². The number of hydrogen-bond donors (Lipinski definition) is 3. The molecule has 2 aromatic rings. The van der Waals surface area contributed by atoms with Crippen molar-refractivity contribution in [1.29, 1.82) is 0 Å². The lowest BCUT2D eigenvalue weighted by atomic mass is 9.98. The number of alkyl carbamates (subject to hydrolysis) is 1. The number of nitrogens with zero attached hydrogens (tertiary/aromatic N) is 1. The highest BCUT2D eigenvalue weighted by Crippen LogP contribution is 2.44. The van der Waals surface area contributed by atoms with Gasteiger partial charge in [0.25, 0.3) is 0 Å². The van der Waals surface area contributed by atoms with Gasteiger partial charge in [-0.2, -0.15) is 0 Å². The molecule has 0 radical (unpaired) electrons. The number of benzene rings is 2. The van der Waals surface area contributed by atoms with Crippen LogP contribution in [0, 0.1) is 0 Å². The average molecular weight is 468 g/mol. The van der Waals surface area contributed by atoms with Gasteiger partial charge in [0.2, 0.25) is 5.91 Å². The summed E-state index contributed by atoms with van der Waals surface area (Å²) >= 11 is 0. The summed E-state index contributed by atoms with van der Waals surface area (Å²) in [6.07, 6.45) is 1.22. The topological polar surface area (TPSA) is 108 Å². The highest BCUT2D eigenvalue weighted by molar-refractivity contribution is 5.89. The summed E-state index contributed by atoms with van der Waals surface area (Å²) in [5.74, 6) is -1.74. The van der Waals surface area contributed by atoms with Crippen molar-refractivity contribution in [2.75, 3.05) is 27.2 Å². The first-order valence-corrected chi connectivity index (χ1v) is 11.6. The summed E-state index contributed by atoms with van der Waals surface area (Å²) in [6.45, 7) is 2.27. The molecule has 2 atom stereocenters. The number of aliphatic carboxylic acids is 1. The van der Waals surface area contributed by atoms with Gasteiger partial charge in [0.05, 0.1) is 0 Å². The molecule has 34 heavy (non-hydrogen) atoms. The zero-order valence-electron chi connectivity index (χ0n) is 19.9. The van der Waals surface area contributed by atoms with Gasteiger partial charge in [-0.3, -0.25) is 4.79 Å². The minimum Gasteiger partial charge on any atom is -0.480 e. The van der Waals surface area contributed by atoms with Gasteiger partial charge in [0.15, 0.2) is 0 Å². The van der Waals surface area contributed by atoms with E-state index in [1.54, 1.807) is 19.0 Å². The maximum atomic E-state index is 12.8. The first-order valence-electron chi connectivity index (χ1n) is 11.6. The van der Waals surface area contributed by atoms with Crippen LogP contribution in [0.1, 0.15) is 43.2 Å². The van der Waals surface area contributed by atoms with Crippen molar-refractivity contribution in [3.8, 4) is 11.1 Å². The molecule has 0 spiro atoms. The molecule has 3 N–H and O–H groups in total. The lowest BCUT2D eigenvalue weighted by Gasteiger charge is -2.23. The Hall–Kier alpha value is -3.39. The lowest BCUT2D eigenvalue weighted by molar-refractivity contribution is -0.142. The Balaban J connectivity index is 1.65. The first kappa shape index (κ1) is 25.2. The van der Waals surface area contributed by atoms with E-state index in [4.69, 9.17) is 4.74 Å². The molecular weight excluding hydrogens is 434 g/mol. The van der Waals surface area contributed by atoms with Gasteiger partial charge >= 0.3 is 12.1 Å². The number of amides is 2. The number of nitrogens with one attached hydrogen (secondary N) is 2. The number of unbranched alkanes of at least 4 members (excludes halogenated alkanes) is 1. The van der Waals surface area contributed by atoms with Crippen LogP contribution in [0.4, 0.5) is 4.79 Å². The number of hydrogen-bond acceptors (Lipinski definition) is 5. The van der Waals surface area contributed by atoms with Gasteiger partial charge in [0, 0.05) is 12.5 Å². The SMILES string of the molecule is CCCCC(NC(=O)OCC1c2ccccc2-c2ccccc21)C(=O)N[C@@H](CN(C)C)C(=O)O. The van der Waals surface area contributed by atoms with Crippen molar-refractivity contribution in [1.82, 2.24) is 15.5 Å². The summed E-state index contributed by atoms with van der Waals surface area (Å²) in [7, 11) is 3.46. The quantitative estimate of drug-likeness (QED) is 0.468. The Labute approximate surface area is 200 Å². The molecule has 182 valence electrons. The average Bonchev–Trinajstić information content (AvgIpc) is 3.13. The predicted octanol–water partition coefficient (Wildman–Crippen LogP) is 3.21. The number of carbonyl (C=O) groups excluding carboxylic acids is 2. The second-order valence-electron chi connectivity index (χ2n) is 8.83. The molecule has 0 fully saturated rings. The number of carboxylic acids is 1. The molecule has 0 saturated carbocycles. The third kappa shape index (κ3) is 6.14. The largest absolute Gasteiger partial charge is 0.480 e. The van der Waals surface area contributed by atoms with Crippen LogP contribution >= 0.6 is 0 Å². The highest BCUT2D eigenvalue weighted by atomic mass is 16.5. The van der Waals surface area contributed by atoms with E-state index in [9.17, 15) is 19.5 Å². The van der Waals surface area contributed by atoms with Crippen molar-refractivity contribution in [2.24, 2.45) is 0 Å². The summed E-state index contributed by atoms with van der Waals surface area (Å²) in [6, 6.07) is 14.2. The lowest BCUT2D eigenvalue weighted by Crippen LogP contribution is -2.54. The van der Waals surface area contributed by atoms with Crippen LogP contribution in [-0.2, 0) is 14.3 Å². The Bertz CT molecular complexity index is 978. The molecule has 1 aliphatic carbocycles. The molecule has 3 rings (SSSR count). The Kier molecular flexibility index (Phi) is 8.65. The van der Waals surface area contributed by atoms with E-state index in [1.807, 2.05) is 43.3 Å². The van der Waals surface area contributed by atoms with E-state index >= 15 is 0 Å². The number of carboxylic acid groups (broad SMARTS) is 1. The molecular formula is C26H33N3O5. The van der Waals surface area contributed by atoms with Crippen LogP contribution in [0.2, 0.25) is 0 Å². The maximum absolute atomic E-state index is 12.8. The van der Waals surface area contributed by atoms with Crippen LogP contribution in [0.3, 0.4) is 0 Å². The smallest absolute Gasteiger partial charge is 0.407 e. The molecule has 2 amide bonds. The van der Waals surface area contributed by atoms with Crippen LogP contribution in [0.25, 0.3) is 11.1 Å². The Morgan fingerprint density at radius 2 is 1.56 bits per heavy atom. The fourth-order valence-electron chi connectivity index (χ4n) is 4.28. The third-order valence-corrected chi connectivity index (χ3v) is 5.96. The van der Waals surface area contributed by atoms with Crippen LogP contribution < -0.4 is 10.6 Å². The number of ether oxygens (including phenoxy) is 1. The molecule has 0 bridgehead atoms. The highest BCUT2D eigenvalue weighted by Gasteiger charge is 2.30. The van der Waals surface area contributed by atoms with Crippen molar-refractivity contribution >= 4 is 18.0 Å². The normalized spacial score (nSPS) is 14.1. The molecule has 0 saturated heterocycles. The number of likely N-dealkylation sites (N-methyl/N-ethyl adjacent to an activating group) is 1. The molecule has 2 aromatic carbocycles. The number of rotatable bonds is 11. The second kappa shape index (κ2) is 11.7. The van der Waals surface area contributed by atoms with Gasteiger partial charge < -0.3 is 25.4 Å². The summed E-state index contributed by atoms with van der Waals surface area (Å²) in [4.78, 5) is 38.7. The predicted molar refractivity (Wildman–Crippen MR) is 130 cm³/mol. The van der Waals surface area contributed by atoms with Crippen LogP contribution in [0.5, 0.6) is 0 Å². The number of fused-ring (bicyclic) bond motifs is 3. The van der Waals surface area contributed by atoms with Crippen LogP contribution in [-0.4, -0.2) is 67.3 Å². The molecule has 8 nitrogen and oxygen atoms in total.